The summed E-state index contributed by atoms with van der Waals surface area (Å²) in [6.07, 6.45) is 4.88. The smallest absolute Gasteiger partial charge is 0.276 e. The van der Waals surface area contributed by atoms with Gasteiger partial charge in [-0.15, -0.1) is 0 Å². The van der Waals surface area contributed by atoms with E-state index >= 15 is 0 Å². The number of amides is 1. The van der Waals surface area contributed by atoms with Gasteiger partial charge in [0.15, 0.2) is 12.4 Å². The van der Waals surface area contributed by atoms with Crippen molar-refractivity contribution in [2.45, 2.75) is 6.73 Å². The number of halogens is 2. The van der Waals surface area contributed by atoms with E-state index in [0.29, 0.717) is 22.2 Å². The Balaban J connectivity index is 1.62. The third kappa shape index (κ3) is 4.12. The first kappa shape index (κ1) is 16.5. The van der Waals surface area contributed by atoms with E-state index in [9.17, 15) is 4.79 Å². The highest BCUT2D eigenvalue weighted by atomic mass is 79.9. The summed E-state index contributed by atoms with van der Waals surface area (Å²) in [5.41, 5.74) is 0.955. The lowest BCUT2D eigenvalue weighted by atomic mass is 10.3. The highest BCUT2D eigenvalue weighted by Gasteiger charge is 2.10. The van der Waals surface area contributed by atoms with Crippen molar-refractivity contribution in [2.24, 2.45) is 0 Å². The predicted molar refractivity (Wildman–Crippen MR) is 94.2 cm³/mol. The summed E-state index contributed by atoms with van der Waals surface area (Å²) in [6, 6.07) is 10.3. The number of carbonyl (C=O) groups is 1. The lowest BCUT2D eigenvalue weighted by Crippen LogP contribution is -2.14. The number of ether oxygens (including phenoxy) is 1. The molecule has 24 heavy (non-hydrogen) atoms. The normalized spacial score (nSPS) is 10.4. The number of hydrogen-bond donors (Lipinski definition) is 1. The molecular weight excluding hydrogens is 396 g/mol. The minimum atomic E-state index is -0.298. The molecule has 2 aromatic heterocycles. The van der Waals surface area contributed by atoms with Crippen LogP contribution in [0.4, 0.5) is 5.69 Å². The van der Waals surface area contributed by atoms with Crippen molar-refractivity contribution in [1.82, 2.24) is 14.8 Å². The van der Waals surface area contributed by atoms with Gasteiger partial charge in [-0.3, -0.25) is 9.78 Å². The SMILES string of the molecule is O=C(Nc1ccncc1)c1ccn(COc2ccc(Cl)cc2Br)n1. The van der Waals surface area contributed by atoms with Gasteiger partial charge in [0.1, 0.15) is 5.75 Å². The van der Waals surface area contributed by atoms with Gasteiger partial charge in [-0.2, -0.15) is 5.10 Å². The molecule has 122 valence electrons. The summed E-state index contributed by atoms with van der Waals surface area (Å²) in [4.78, 5) is 16.0. The molecule has 0 saturated carbocycles. The molecule has 0 radical (unpaired) electrons. The van der Waals surface area contributed by atoms with Crippen LogP contribution in [0.15, 0.2) is 59.5 Å². The molecule has 0 spiro atoms. The van der Waals surface area contributed by atoms with Crippen LogP contribution in [0.2, 0.25) is 5.02 Å². The van der Waals surface area contributed by atoms with Crippen LogP contribution < -0.4 is 10.1 Å². The van der Waals surface area contributed by atoms with Gasteiger partial charge in [0.2, 0.25) is 0 Å². The maximum Gasteiger partial charge on any atom is 0.276 e. The first-order chi connectivity index (χ1) is 11.6. The number of anilines is 1. The van der Waals surface area contributed by atoms with Crippen molar-refractivity contribution in [1.29, 1.82) is 0 Å². The Labute approximate surface area is 151 Å². The molecule has 8 heteroatoms. The number of nitrogens with one attached hydrogen (secondary N) is 1. The number of aromatic nitrogens is 3. The number of carbonyl (C=O) groups excluding carboxylic acids is 1. The molecule has 1 amide bonds. The molecule has 6 nitrogen and oxygen atoms in total. The summed E-state index contributed by atoms with van der Waals surface area (Å²) in [5.74, 6) is 0.338. The summed E-state index contributed by atoms with van der Waals surface area (Å²) in [7, 11) is 0. The van der Waals surface area contributed by atoms with E-state index in [4.69, 9.17) is 16.3 Å². The predicted octanol–water partition coefficient (Wildman–Crippen LogP) is 3.98. The summed E-state index contributed by atoms with van der Waals surface area (Å²) in [5, 5.41) is 7.55. The van der Waals surface area contributed by atoms with Crippen LogP contribution in [-0.2, 0) is 6.73 Å². The van der Waals surface area contributed by atoms with E-state index in [1.165, 1.54) is 4.68 Å². The van der Waals surface area contributed by atoms with E-state index in [1.54, 1.807) is 55.0 Å². The van der Waals surface area contributed by atoms with Crippen LogP contribution >= 0.6 is 27.5 Å². The maximum atomic E-state index is 12.1. The Morgan fingerprint density at radius 3 is 2.79 bits per heavy atom. The highest BCUT2D eigenvalue weighted by molar-refractivity contribution is 9.10. The quantitative estimate of drug-likeness (QED) is 0.694. The van der Waals surface area contributed by atoms with Crippen LogP contribution in [0.1, 0.15) is 10.5 Å². The number of pyridine rings is 1. The van der Waals surface area contributed by atoms with Crippen molar-refractivity contribution in [3.8, 4) is 5.75 Å². The van der Waals surface area contributed by atoms with Crippen LogP contribution in [0.25, 0.3) is 0 Å². The number of benzene rings is 1. The van der Waals surface area contributed by atoms with Gasteiger partial charge in [-0.05, 0) is 52.3 Å². The maximum absolute atomic E-state index is 12.1. The van der Waals surface area contributed by atoms with Gasteiger partial charge in [0, 0.05) is 29.3 Å². The Hall–Kier alpha value is -2.38. The van der Waals surface area contributed by atoms with Gasteiger partial charge in [-0.25, -0.2) is 4.68 Å². The largest absolute Gasteiger partial charge is 0.470 e. The van der Waals surface area contributed by atoms with Gasteiger partial charge in [-0.1, -0.05) is 11.6 Å². The topological polar surface area (TPSA) is 69.0 Å². The van der Waals surface area contributed by atoms with E-state index in [-0.39, 0.29) is 12.6 Å². The molecule has 1 aromatic carbocycles. The zero-order valence-electron chi connectivity index (χ0n) is 12.3. The Bertz CT molecular complexity index is 854. The van der Waals surface area contributed by atoms with Crippen molar-refractivity contribution < 1.29 is 9.53 Å². The molecule has 3 aromatic rings. The third-order valence-electron chi connectivity index (χ3n) is 3.06. The van der Waals surface area contributed by atoms with Crippen molar-refractivity contribution in [3.63, 3.8) is 0 Å². The van der Waals surface area contributed by atoms with E-state index in [0.717, 1.165) is 4.47 Å². The average molecular weight is 408 g/mol. The molecular formula is C16H12BrClN4O2. The summed E-state index contributed by atoms with van der Waals surface area (Å²) < 4.78 is 7.92. The minimum absolute atomic E-state index is 0.169. The van der Waals surface area contributed by atoms with E-state index in [1.807, 2.05) is 0 Å². The molecule has 1 N–H and O–H groups in total. The first-order valence-electron chi connectivity index (χ1n) is 6.94. The molecule has 0 fully saturated rings. The molecule has 0 bridgehead atoms. The summed E-state index contributed by atoms with van der Waals surface area (Å²) >= 11 is 9.27. The lowest BCUT2D eigenvalue weighted by Gasteiger charge is -2.08. The standard InChI is InChI=1S/C16H12BrClN4O2/c17-13-9-11(18)1-2-15(13)24-10-22-8-5-14(21-22)16(23)20-12-3-6-19-7-4-12/h1-9H,10H2,(H,19,20,23). The van der Waals surface area contributed by atoms with Gasteiger partial charge in [0.25, 0.3) is 5.91 Å². The summed E-state index contributed by atoms with van der Waals surface area (Å²) in [6.45, 7) is 0.169. The first-order valence-corrected chi connectivity index (χ1v) is 8.11. The molecule has 0 unspecified atom stereocenters. The van der Waals surface area contributed by atoms with Crippen LogP contribution in [0, 0.1) is 0 Å². The Kier molecular flexibility index (Phi) is 5.12. The number of nitrogens with zero attached hydrogens (tertiary/aromatic N) is 3. The van der Waals surface area contributed by atoms with Crippen molar-refractivity contribution >= 4 is 39.1 Å². The molecule has 0 atom stereocenters. The molecule has 3 rings (SSSR count). The Morgan fingerprint density at radius 1 is 1.25 bits per heavy atom. The second-order valence-electron chi connectivity index (χ2n) is 4.78. The van der Waals surface area contributed by atoms with Crippen molar-refractivity contribution in [2.75, 3.05) is 5.32 Å². The van der Waals surface area contributed by atoms with Crippen molar-refractivity contribution in [3.05, 3.63) is 70.2 Å². The average Bonchev–Trinajstić information content (AvgIpc) is 3.04. The fourth-order valence-electron chi connectivity index (χ4n) is 1.91. The molecule has 2 heterocycles. The Morgan fingerprint density at radius 2 is 2.04 bits per heavy atom. The molecule has 0 aliphatic heterocycles. The minimum Gasteiger partial charge on any atom is -0.470 e. The monoisotopic (exact) mass is 406 g/mol. The van der Waals surface area contributed by atoms with E-state index in [2.05, 4.69) is 31.3 Å². The molecule has 0 aliphatic carbocycles. The zero-order valence-corrected chi connectivity index (χ0v) is 14.7. The molecule has 0 saturated heterocycles. The van der Waals surface area contributed by atoms with Crippen LogP contribution in [0.5, 0.6) is 5.75 Å². The lowest BCUT2D eigenvalue weighted by molar-refractivity contribution is 0.102. The number of hydrogen-bond acceptors (Lipinski definition) is 4. The third-order valence-corrected chi connectivity index (χ3v) is 3.91. The molecule has 0 aliphatic rings. The highest BCUT2D eigenvalue weighted by Crippen LogP contribution is 2.28. The van der Waals surface area contributed by atoms with Gasteiger partial charge >= 0.3 is 0 Å². The second kappa shape index (κ2) is 7.46. The van der Waals surface area contributed by atoms with E-state index < -0.39 is 0 Å². The number of rotatable bonds is 5. The van der Waals surface area contributed by atoms with Crippen LogP contribution in [0.3, 0.4) is 0 Å². The second-order valence-corrected chi connectivity index (χ2v) is 6.07. The van der Waals surface area contributed by atoms with Crippen LogP contribution in [-0.4, -0.2) is 20.7 Å². The van der Waals surface area contributed by atoms with Gasteiger partial charge < -0.3 is 10.1 Å². The fourth-order valence-corrected chi connectivity index (χ4v) is 2.71. The van der Waals surface area contributed by atoms with Gasteiger partial charge in [0.05, 0.1) is 4.47 Å². The zero-order chi connectivity index (χ0) is 16.9. The fraction of sp³-hybridized carbons (Fsp3) is 0.0625.